The fourth-order valence-corrected chi connectivity index (χ4v) is 3.75. The molecular formula is C17H27N7. The van der Waals surface area contributed by atoms with Crippen LogP contribution < -0.4 is 9.80 Å². The van der Waals surface area contributed by atoms with E-state index < -0.39 is 0 Å². The summed E-state index contributed by atoms with van der Waals surface area (Å²) in [5, 5.41) is 5.50. The summed E-state index contributed by atoms with van der Waals surface area (Å²) in [6.45, 7) is 9.72. The first-order valence-electron chi connectivity index (χ1n) is 9.18. The molecule has 0 unspecified atom stereocenters. The Balaban J connectivity index is 1.70. The number of aromatic nitrogens is 4. The van der Waals surface area contributed by atoms with Crippen molar-refractivity contribution in [1.29, 1.82) is 0 Å². The molecule has 7 nitrogen and oxygen atoms in total. The van der Waals surface area contributed by atoms with E-state index in [-0.39, 0.29) is 0 Å². The monoisotopic (exact) mass is 329 g/mol. The summed E-state index contributed by atoms with van der Waals surface area (Å²) in [4.78, 5) is 17.0. The number of fused-ring (bicyclic) bond motifs is 1. The first-order valence-corrected chi connectivity index (χ1v) is 9.18. The van der Waals surface area contributed by atoms with E-state index in [0.29, 0.717) is 0 Å². The Labute approximate surface area is 143 Å². The highest BCUT2D eigenvalue weighted by Gasteiger charge is 2.23. The standard InChI is InChI=1S/C17H27N7/c1-3-22-9-11-23(12-10-22)16-14-13-18-21(2)15(14)19-17(20-16)24-7-5-4-6-8-24/h13H,3-12H2,1-2H3. The number of piperidine rings is 1. The van der Waals surface area contributed by atoms with E-state index in [1.165, 1.54) is 19.3 Å². The average molecular weight is 329 g/mol. The van der Waals surface area contributed by atoms with Gasteiger partial charge in [0.05, 0.1) is 11.6 Å². The second-order valence-electron chi connectivity index (χ2n) is 6.82. The number of rotatable bonds is 3. The first-order chi connectivity index (χ1) is 11.8. The Morgan fingerprint density at radius 2 is 1.67 bits per heavy atom. The molecular weight excluding hydrogens is 302 g/mol. The lowest BCUT2D eigenvalue weighted by Gasteiger charge is -2.35. The lowest BCUT2D eigenvalue weighted by atomic mass is 10.1. The van der Waals surface area contributed by atoms with Crippen LogP contribution in [0.5, 0.6) is 0 Å². The number of likely N-dealkylation sites (N-methyl/N-ethyl adjacent to an activating group) is 1. The van der Waals surface area contributed by atoms with Crippen molar-refractivity contribution < 1.29 is 0 Å². The summed E-state index contributed by atoms with van der Waals surface area (Å²) in [6, 6.07) is 0. The second-order valence-corrected chi connectivity index (χ2v) is 6.82. The van der Waals surface area contributed by atoms with Crippen LogP contribution in [0.1, 0.15) is 26.2 Å². The summed E-state index contributed by atoms with van der Waals surface area (Å²) in [7, 11) is 1.97. The van der Waals surface area contributed by atoms with Crippen molar-refractivity contribution in [1.82, 2.24) is 24.6 Å². The van der Waals surface area contributed by atoms with Crippen LogP contribution in [0.4, 0.5) is 11.8 Å². The minimum Gasteiger partial charge on any atom is -0.353 e. The van der Waals surface area contributed by atoms with Gasteiger partial charge >= 0.3 is 0 Å². The molecule has 130 valence electrons. The fourth-order valence-electron chi connectivity index (χ4n) is 3.75. The highest BCUT2D eigenvalue weighted by Crippen LogP contribution is 2.28. The second kappa shape index (κ2) is 6.55. The highest BCUT2D eigenvalue weighted by molar-refractivity contribution is 5.88. The number of hydrogen-bond acceptors (Lipinski definition) is 6. The van der Waals surface area contributed by atoms with Gasteiger partial charge in [0.25, 0.3) is 0 Å². The third-order valence-electron chi connectivity index (χ3n) is 5.32. The van der Waals surface area contributed by atoms with Gasteiger partial charge in [0.2, 0.25) is 5.95 Å². The molecule has 0 bridgehead atoms. The van der Waals surface area contributed by atoms with Crippen LogP contribution >= 0.6 is 0 Å². The van der Waals surface area contributed by atoms with Gasteiger partial charge in [-0.1, -0.05) is 6.92 Å². The van der Waals surface area contributed by atoms with Crippen LogP contribution in [0.3, 0.4) is 0 Å². The van der Waals surface area contributed by atoms with E-state index >= 15 is 0 Å². The average Bonchev–Trinajstić information content (AvgIpc) is 3.03. The molecule has 0 radical (unpaired) electrons. The quantitative estimate of drug-likeness (QED) is 0.850. The Bertz CT molecular complexity index is 696. The zero-order chi connectivity index (χ0) is 16.5. The largest absolute Gasteiger partial charge is 0.353 e. The van der Waals surface area contributed by atoms with Gasteiger partial charge in [-0.25, -0.2) is 0 Å². The van der Waals surface area contributed by atoms with Crippen LogP contribution in [0.2, 0.25) is 0 Å². The Kier molecular flexibility index (Phi) is 4.26. The molecule has 0 aromatic carbocycles. The van der Waals surface area contributed by atoms with E-state index in [9.17, 15) is 0 Å². The van der Waals surface area contributed by atoms with Gasteiger partial charge in [0.1, 0.15) is 5.82 Å². The highest BCUT2D eigenvalue weighted by atomic mass is 15.4. The van der Waals surface area contributed by atoms with Crippen LogP contribution in [-0.4, -0.2) is 70.5 Å². The van der Waals surface area contributed by atoms with Gasteiger partial charge in [-0.2, -0.15) is 15.1 Å². The van der Waals surface area contributed by atoms with E-state index in [0.717, 1.165) is 68.6 Å². The van der Waals surface area contributed by atoms with Gasteiger partial charge in [0.15, 0.2) is 5.65 Å². The number of aryl methyl sites for hydroxylation is 1. The normalized spacial score (nSPS) is 20.1. The fraction of sp³-hybridized carbons (Fsp3) is 0.706. The van der Waals surface area contributed by atoms with Crippen LogP contribution in [-0.2, 0) is 7.05 Å². The summed E-state index contributed by atoms with van der Waals surface area (Å²) in [6.07, 6.45) is 5.70. The Morgan fingerprint density at radius 3 is 2.38 bits per heavy atom. The van der Waals surface area contributed by atoms with E-state index in [1.807, 2.05) is 17.9 Å². The third-order valence-corrected chi connectivity index (χ3v) is 5.32. The molecule has 2 fully saturated rings. The van der Waals surface area contributed by atoms with Crippen LogP contribution in [0.25, 0.3) is 11.0 Å². The van der Waals surface area contributed by atoms with Crippen molar-refractivity contribution >= 4 is 22.8 Å². The maximum atomic E-state index is 4.98. The van der Waals surface area contributed by atoms with Crippen LogP contribution in [0.15, 0.2) is 6.20 Å². The summed E-state index contributed by atoms with van der Waals surface area (Å²) >= 11 is 0. The van der Waals surface area contributed by atoms with Crippen molar-refractivity contribution in [3.8, 4) is 0 Å². The van der Waals surface area contributed by atoms with Gasteiger partial charge in [-0.05, 0) is 25.8 Å². The van der Waals surface area contributed by atoms with E-state index in [4.69, 9.17) is 9.97 Å². The molecule has 2 aliphatic rings. The van der Waals surface area contributed by atoms with Crippen LogP contribution in [0, 0.1) is 0 Å². The number of nitrogens with zero attached hydrogens (tertiary/aromatic N) is 7. The minimum absolute atomic E-state index is 0.874. The molecule has 7 heteroatoms. The number of anilines is 2. The molecule has 24 heavy (non-hydrogen) atoms. The number of hydrogen-bond donors (Lipinski definition) is 0. The molecule has 0 spiro atoms. The maximum Gasteiger partial charge on any atom is 0.229 e. The smallest absolute Gasteiger partial charge is 0.229 e. The van der Waals surface area contributed by atoms with Crippen molar-refractivity contribution in [3.63, 3.8) is 0 Å². The molecule has 0 atom stereocenters. The van der Waals surface area contributed by atoms with Crippen molar-refractivity contribution in [3.05, 3.63) is 6.20 Å². The van der Waals surface area contributed by atoms with Gasteiger partial charge in [-0.15, -0.1) is 0 Å². The zero-order valence-corrected chi connectivity index (χ0v) is 14.8. The molecule has 0 aliphatic carbocycles. The summed E-state index contributed by atoms with van der Waals surface area (Å²) < 4.78 is 1.87. The predicted molar refractivity (Wildman–Crippen MR) is 96.7 cm³/mol. The molecule has 2 aromatic heterocycles. The predicted octanol–water partition coefficient (Wildman–Crippen LogP) is 1.50. The van der Waals surface area contributed by atoms with E-state index in [1.54, 1.807) is 0 Å². The Hall–Kier alpha value is -1.89. The SMILES string of the molecule is CCN1CCN(c2nc(N3CCCCC3)nc3c2cnn3C)CC1. The molecule has 2 aromatic rings. The van der Waals surface area contributed by atoms with E-state index in [2.05, 4.69) is 26.7 Å². The number of piperazine rings is 1. The van der Waals surface area contributed by atoms with Crippen molar-refractivity contribution in [2.24, 2.45) is 7.05 Å². The van der Waals surface area contributed by atoms with Gasteiger partial charge in [-0.3, -0.25) is 4.68 Å². The van der Waals surface area contributed by atoms with Crippen molar-refractivity contribution in [2.75, 3.05) is 55.6 Å². The lowest BCUT2D eigenvalue weighted by Crippen LogP contribution is -2.46. The molecule has 2 saturated heterocycles. The lowest BCUT2D eigenvalue weighted by molar-refractivity contribution is 0.271. The van der Waals surface area contributed by atoms with Gasteiger partial charge in [0, 0.05) is 46.3 Å². The molecule has 0 amide bonds. The molecule has 4 rings (SSSR count). The third kappa shape index (κ3) is 2.81. The Morgan fingerprint density at radius 1 is 0.917 bits per heavy atom. The van der Waals surface area contributed by atoms with Gasteiger partial charge < -0.3 is 14.7 Å². The molecule has 0 N–H and O–H groups in total. The maximum absolute atomic E-state index is 4.98. The minimum atomic E-state index is 0.874. The van der Waals surface area contributed by atoms with Crippen molar-refractivity contribution in [2.45, 2.75) is 26.2 Å². The summed E-state index contributed by atoms with van der Waals surface area (Å²) in [5.41, 5.74) is 0.943. The molecule has 0 saturated carbocycles. The topological polar surface area (TPSA) is 53.3 Å². The molecule has 4 heterocycles. The first kappa shape index (κ1) is 15.6. The molecule has 2 aliphatic heterocycles. The zero-order valence-electron chi connectivity index (χ0n) is 14.8. The summed E-state index contributed by atoms with van der Waals surface area (Å²) in [5.74, 6) is 1.93.